The molecule has 0 aromatic heterocycles. The number of hydrogen-bond donors (Lipinski definition) is 1. The van der Waals surface area contributed by atoms with Crippen molar-refractivity contribution in [3.8, 4) is 0 Å². The van der Waals surface area contributed by atoms with E-state index in [1.165, 1.54) is 0 Å². The second-order valence-electron chi connectivity index (χ2n) is 4.01. The van der Waals surface area contributed by atoms with Crippen LogP contribution in [-0.2, 0) is 9.59 Å². The average Bonchev–Trinajstić information content (AvgIpc) is 1.97. The number of carbonyl (C=O) groups excluding carboxylic acids is 1. The van der Waals surface area contributed by atoms with Crippen molar-refractivity contribution in [2.45, 2.75) is 34.1 Å². The smallest absolute Gasteiger partial charge is 0.307 e. The molecule has 0 rings (SSSR count). The summed E-state index contributed by atoms with van der Waals surface area (Å²) in [6.45, 7) is 7.24. The van der Waals surface area contributed by atoms with Crippen LogP contribution in [-0.4, -0.2) is 16.9 Å². The summed E-state index contributed by atoms with van der Waals surface area (Å²) in [7, 11) is 0. The normalized spacial score (nSPS) is 13.4. The molecule has 0 aliphatic heterocycles. The monoisotopic (exact) mass is 186 g/mol. The minimum Gasteiger partial charge on any atom is -0.481 e. The number of carbonyl (C=O) groups is 2. The third-order valence-corrected chi connectivity index (χ3v) is 2.19. The minimum atomic E-state index is -0.871. The van der Waals surface area contributed by atoms with Gasteiger partial charge in [-0.05, 0) is 5.92 Å². The molecule has 0 fully saturated rings. The summed E-state index contributed by atoms with van der Waals surface area (Å²) in [5, 5.41) is 8.82. The highest BCUT2D eigenvalue weighted by Gasteiger charge is 2.25. The lowest BCUT2D eigenvalue weighted by Gasteiger charge is -2.16. The van der Waals surface area contributed by atoms with Gasteiger partial charge in [0, 0.05) is 12.3 Å². The fourth-order valence-corrected chi connectivity index (χ4v) is 1.06. The molecule has 13 heavy (non-hydrogen) atoms. The molecule has 0 saturated heterocycles. The van der Waals surface area contributed by atoms with Crippen LogP contribution in [0.15, 0.2) is 0 Å². The van der Waals surface area contributed by atoms with Crippen molar-refractivity contribution in [1.82, 2.24) is 0 Å². The van der Waals surface area contributed by atoms with Crippen LogP contribution < -0.4 is 0 Å². The standard InChI is InChI=1S/C10H18O3/c1-6(2)8(10(12)13)5-9(11)7(3)4/h6-8H,5H2,1-4H3,(H,12,13)/t8-/m0/s1. The highest BCUT2D eigenvalue weighted by Crippen LogP contribution is 2.17. The van der Waals surface area contributed by atoms with Crippen LogP contribution in [0.1, 0.15) is 34.1 Å². The molecule has 3 nitrogen and oxygen atoms in total. The summed E-state index contributed by atoms with van der Waals surface area (Å²) < 4.78 is 0. The van der Waals surface area contributed by atoms with Gasteiger partial charge in [-0.2, -0.15) is 0 Å². The first-order chi connectivity index (χ1) is 5.86. The third-order valence-electron chi connectivity index (χ3n) is 2.19. The zero-order valence-electron chi connectivity index (χ0n) is 8.70. The van der Waals surface area contributed by atoms with Crippen molar-refractivity contribution >= 4 is 11.8 Å². The summed E-state index contributed by atoms with van der Waals surface area (Å²) in [5.74, 6) is -1.43. The average molecular weight is 186 g/mol. The SMILES string of the molecule is CC(C)C(=O)C[C@H](C(=O)O)C(C)C. The summed E-state index contributed by atoms with van der Waals surface area (Å²) in [6, 6.07) is 0. The van der Waals surface area contributed by atoms with E-state index in [9.17, 15) is 9.59 Å². The van der Waals surface area contributed by atoms with Gasteiger partial charge in [0.25, 0.3) is 0 Å². The van der Waals surface area contributed by atoms with Gasteiger partial charge < -0.3 is 5.11 Å². The van der Waals surface area contributed by atoms with Crippen LogP contribution in [0.3, 0.4) is 0 Å². The van der Waals surface area contributed by atoms with E-state index in [0.29, 0.717) is 0 Å². The van der Waals surface area contributed by atoms with E-state index in [4.69, 9.17) is 5.11 Å². The van der Waals surface area contributed by atoms with Gasteiger partial charge >= 0.3 is 5.97 Å². The van der Waals surface area contributed by atoms with Crippen molar-refractivity contribution in [3.05, 3.63) is 0 Å². The lowest BCUT2D eigenvalue weighted by Crippen LogP contribution is -2.24. The summed E-state index contributed by atoms with van der Waals surface area (Å²) in [6.07, 6.45) is 0.157. The Morgan fingerprint density at radius 3 is 1.85 bits per heavy atom. The number of Topliss-reactive ketones (excluding diaryl/α,β-unsaturated/α-hetero) is 1. The van der Waals surface area contributed by atoms with Gasteiger partial charge in [0.2, 0.25) is 0 Å². The van der Waals surface area contributed by atoms with Gasteiger partial charge in [-0.25, -0.2) is 0 Å². The molecule has 0 amide bonds. The van der Waals surface area contributed by atoms with Crippen LogP contribution in [0.4, 0.5) is 0 Å². The van der Waals surface area contributed by atoms with Gasteiger partial charge in [0.15, 0.2) is 0 Å². The maximum absolute atomic E-state index is 11.3. The Balaban J connectivity index is 4.27. The Morgan fingerprint density at radius 2 is 1.62 bits per heavy atom. The second-order valence-corrected chi connectivity index (χ2v) is 4.01. The molecule has 0 heterocycles. The van der Waals surface area contributed by atoms with Crippen LogP contribution in [0.5, 0.6) is 0 Å². The van der Waals surface area contributed by atoms with Gasteiger partial charge in [0.1, 0.15) is 5.78 Å². The van der Waals surface area contributed by atoms with Crippen molar-refractivity contribution < 1.29 is 14.7 Å². The first-order valence-corrected chi connectivity index (χ1v) is 4.61. The molecule has 76 valence electrons. The molecule has 0 saturated carbocycles. The van der Waals surface area contributed by atoms with Crippen molar-refractivity contribution in [3.63, 3.8) is 0 Å². The molecule has 0 aliphatic carbocycles. The molecule has 0 spiro atoms. The third kappa shape index (κ3) is 4.06. The van der Waals surface area contributed by atoms with Crippen LogP contribution >= 0.6 is 0 Å². The molecule has 0 bridgehead atoms. The van der Waals surface area contributed by atoms with Crippen molar-refractivity contribution in [2.75, 3.05) is 0 Å². The molecule has 0 aromatic rings. The molecule has 0 aromatic carbocycles. The van der Waals surface area contributed by atoms with E-state index in [-0.39, 0.29) is 24.0 Å². The van der Waals surface area contributed by atoms with Crippen LogP contribution in [0, 0.1) is 17.8 Å². The Kier molecular flexibility index (Phi) is 4.67. The van der Waals surface area contributed by atoms with E-state index >= 15 is 0 Å². The Bertz CT molecular complexity index is 194. The number of hydrogen-bond acceptors (Lipinski definition) is 2. The van der Waals surface area contributed by atoms with E-state index < -0.39 is 11.9 Å². The van der Waals surface area contributed by atoms with Crippen LogP contribution in [0.2, 0.25) is 0 Å². The highest BCUT2D eigenvalue weighted by molar-refractivity contribution is 5.85. The zero-order chi connectivity index (χ0) is 10.6. The van der Waals surface area contributed by atoms with Crippen molar-refractivity contribution in [2.24, 2.45) is 17.8 Å². The van der Waals surface area contributed by atoms with E-state index in [2.05, 4.69) is 0 Å². The second kappa shape index (κ2) is 5.00. The van der Waals surface area contributed by atoms with Gasteiger partial charge in [-0.3, -0.25) is 9.59 Å². The maximum Gasteiger partial charge on any atom is 0.307 e. The first kappa shape index (κ1) is 12.1. The van der Waals surface area contributed by atoms with Gasteiger partial charge in [-0.1, -0.05) is 27.7 Å². The number of carboxylic acid groups (broad SMARTS) is 1. The molecule has 0 radical (unpaired) electrons. The van der Waals surface area contributed by atoms with Gasteiger partial charge in [-0.15, -0.1) is 0 Å². The fraction of sp³-hybridized carbons (Fsp3) is 0.800. The fourth-order valence-electron chi connectivity index (χ4n) is 1.06. The Labute approximate surface area is 79.1 Å². The predicted molar refractivity (Wildman–Crippen MR) is 50.4 cm³/mol. The molecule has 3 heteroatoms. The molecule has 0 unspecified atom stereocenters. The number of ketones is 1. The molecule has 1 atom stereocenters. The number of rotatable bonds is 5. The van der Waals surface area contributed by atoms with E-state index in [1.807, 2.05) is 13.8 Å². The number of aliphatic carboxylic acids is 1. The van der Waals surface area contributed by atoms with Crippen molar-refractivity contribution in [1.29, 1.82) is 0 Å². The number of carboxylic acids is 1. The minimum absolute atomic E-state index is 0.0141. The maximum atomic E-state index is 11.3. The zero-order valence-corrected chi connectivity index (χ0v) is 8.70. The predicted octanol–water partition coefficient (Wildman–Crippen LogP) is 1.96. The summed E-state index contributed by atoms with van der Waals surface area (Å²) >= 11 is 0. The lowest BCUT2D eigenvalue weighted by atomic mass is 9.88. The molecular weight excluding hydrogens is 168 g/mol. The molecule has 0 aliphatic rings. The highest BCUT2D eigenvalue weighted by atomic mass is 16.4. The van der Waals surface area contributed by atoms with E-state index in [0.717, 1.165) is 0 Å². The van der Waals surface area contributed by atoms with Crippen LogP contribution in [0.25, 0.3) is 0 Å². The topological polar surface area (TPSA) is 54.4 Å². The van der Waals surface area contributed by atoms with Gasteiger partial charge in [0.05, 0.1) is 5.92 Å². The van der Waals surface area contributed by atoms with E-state index in [1.54, 1.807) is 13.8 Å². The first-order valence-electron chi connectivity index (χ1n) is 4.61. The summed E-state index contributed by atoms with van der Waals surface area (Å²) in [4.78, 5) is 22.0. The quantitative estimate of drug-likeness (QED) is 0.714. The lowest BCUT2D eigenvalue weighted by molar-refractivity contribution is -0.145. The Hall–Kier alpha value is -0.860. The Morgan fingerprint density at radius 1 is 1.15 bits per heavy atom. The molecule has 1 N–H and O–H groups in total. The largest absolute Gasteiger partial charge is 0.481 e. The summed E-state index contributed by atoms with van der Waals surface area (Å²) in [5.41, 5.74) is 0. The molecular formula is C10H18O3.